The third-order valence-corrected chi connectivity index (χ3v) is 6.11. The Balaban J connectivity index is 1.96. The predicted molar refractivity (Wildman–Crippen MR) is 97.9 cm³/mol. The van der Waals surface area contributed by atoms with Crippen LogP contribution in [0.5, 0.6) is 0 Å². The zero-order chi connectivity index (χ0) is 21.4. The largest absolute Gasteiger partial charge is 0.510 e. The first-order chi connectivity index (χ1) is 13.5. The van der Waals surface area contributed by atoms with Gasteiger partial charge in [0.05, 0.1) is 11.6 Å². The van der Waals surface area contributed by atoms with Gasteiger partial charge in [0.25, 0.3) is 11.5 Å². The van der Waals surface area contributed by atoms with Gasteiger partial charge in [0, 0.05) is 17.2 Å². The summed E-state index contributed by atoms with van der Waals surface area (Å²) in [5.41, 5.74) is 7.45. The molecule has 0 bridgehead atoms. The summed E-state index contributed by atoms with van der Waals surface area (Å²) in [4.78, 5) is 52.3. The molecule has 0 radical (unpaired) electrons. The number of pyridine rings is 1. The number of carbonyl (C=O) groups excluding carboxylic acids is 3. The number of H-pyrrole nitrogens is 1. The Morgan fingerprint density at radius 3 is 2.55 bits per heavy atom. The highest BCUT2D eigenvalue weighted by Gasteiger charge is 2.62. The standard InChI is InChI=1S/C19H19N3O7/c1-5-2-6-3-7-4-8-12(20)14(24)11(17(21)27)16(26)19(8,29)15(25)9(7)13(23)10(6)18(28)22-5/h2,7-8,12,24-25,29H,3-4,20H2,1H3,(H2,21,27)(H,22,28)/t7-,8-,12-,19-/m0/s1. The molecule has 4 atom stereocenters. The van der Waals surface area contributed by atoms with Gasteiger partial charge in [-0.05, 0) is 37.3 Å². The van der Waals surface area contributed by atoms with Crippen LogP contribution in [-0.2, 0) is 16.0 Å². The topological polar surface area (TPSA) is 197 Å². The van der Waals surface area contributed by atoms with Gasteiger partial charge < -0.3 is 31.8 Å². The monoisotopic (exact) mass is 401 g/mol. The second-order valence-corrected chi connectivity index (χ2v) is 7.76. The van der Waals surface area contributed by atoms with Crippen LogP contribution in [-0.4, -0.2) is 49.4 Å². The van der Waals surface area contributed by atoms with E-state index in [4.69, 9.17) is 11.5 Å². The highest BCUT2D eigenvalue weighted by Crippen LogP contribution is 2.49. The first kappa shape index (κ1) is 19.1. The van der Waals surface area contributed by atoms with Crippen LogP contribution in [0.25, 0.3) is 0 Å². The summed E-state index contributed by atoms with van der Waals surface area (Å²) in [6, 6.07) is 0.291. The lowest BCUT2D eigenvalue weighted by Gasteiger charge is -2.47. The van der Waals surface area contributed by atoms with Gasteiger partial charge in [-0.1, -0.05) is 0 Å². The summed E-state index contributed by atoms with van der Waals surface area (Å²) >= 11 is 0. The summed E-state index contributed by atoms with van der Waals surface area (Å²) in [5.74, 6) is -6.99. The molecular weight excluding hydrogens is 382 g/mol. The van der Waals surface area contributed by atoms with E-state index in [-0.39, 0.29) is 24.0 Å². The molecular formula is C19H19N3O7. The molecule has 0 saturated heterocycles. The van der Waals surface area contributed by atoms with E-state index in [0.717, 1.165) is 0 Å². The van der Waals surface area contributed by atoms with E-state index in [1.54, 1.807) is 13.0 Å². The maximum atomic E-state index is 13.0. The SMILES string of the molecule is Cc1cc2c(c(=O)[nH]1)C(=O)C1=C(O)[C@]3(O)C(=O)C(C(N)=O)=C(O)[C@@H](N)[C@@H]3C[C@@H]1C2. The Morgan fingerprint density at radius 2 is 1.93 bits per heavy atom. The number of primary amides is 1. The van der Waals surface area contributed by atoms with E-state index in [1.807, 2.05) is 0 Å². The van der Waals surface area contributed by atoms with Crippen molar-refractivity contribution in [1.29, 1.82) is 0 Å². The number of rotatable bonds is 1. The second kappa shape index (κ2) is 5.88. The maximum Gasteiger partial charge on any atom is 0.259 e. The summed E-state index contributed by atoms with van der Waals surface area (Å²) in [5, 5.41) is 32.2. The quantitative estimate of drug-likeness (QED) is 0.316. The number of fused-ring (bicyclic) bond motifs is 3. The highest BCUT2D eigenvalue weighted by molar-refractivity contribution is 6.24. The first-order valence-electron chi connectivity index (χ1n) is 8.96. The number of Topliss-reactive ketones (excluding diaryl/α,β-unsaturated/α-hetero) is 2. The fourth-order valence-electron chi connectivity index (χ4n) is 4.80. The van der Waals surface area contributed by atoms with Gasteiger partial charge in [0.15, 0.2) is 11.4 Å². The van der Waals surface area contributed by atoms with Gasteiger partial charge in [-0.15, -0.1) is 0 Å². The molecule has 0 spiro atoms. The van der Waals surface area contributed by atoms with Crippen molar-refractivity contribution in [1.82, 2.24) is 4.98 Å². The number of aryl methyl sites for hydroxylation is 1. The molecule has 1 aromatic heterocycles. The minimum atomic E-state index is -2.70. The number of aromatic nitrogens is 1. The minimum absolute atomic E-state index is 0.0318. The molecule has 3 aliphatic carbocycles. The van der Waals surface area contributed by atoms with Crippen LogP contribution in [0.3, 0.4) is 0 Å². The Bertz CT molecular complexity index is 1130. The number of aliphatic hydroxyl groups is 3. The molecule has 10 heteroatoms. The summed E-state index contributed by atoms with van der Waals surface area (Å²) in [7, 11) is 0. The highest BCUT2D eigenvalue weighted by atomic mass is 16.3. The Hall–Kier alpha value is -3.24. The number of ketones is 2. The first-order valence-corrected chi connectivity index (χ1v) is 8.96. The van der Waals surface area contributed by atoms with E-state index in [1.165, 1.54) is 0 Å². The van der Waals surface area contributed by atoms with E-state index < -0.39 is 63.6 Å². The molecule has 29 heavy (non-hydrogen) atoms. The van der Waals surface area contributed by atoms with Gasteiger partial charge in [-0.2, -0.15) is 0 Å². The number of hydrogen-bond acceptors (Lipinski definition) is 8. The Kier molecular flexibility index (Phi) is 3.87. The average Bonchev–Trinajstić information content (AvgIpc) is 2.61. The number of nitrogens with two attached hydrogens (primary N) is 2. The number of nitrogens with one attached hydrogen (secondary N) is 1. The molecule has 4 rings (SSSR count). The second-order valence-electron chi connectivity index (χ2n) is 7.76. The number of carbonyl (C=O) groups is 3. The lowest BCUT2D eigenvalue weighted by atomic mass is 9.59. The van der Waals surface area contributed by atoms with E-state index in [9.17, 15) is 34.5 Å². The predicted octanol–water partition coefficient (Wildman–Crippen LogP) is -1.19. The maximum absolute atomic E-state index is 13.0. The number of aliphatic hydroxyl groups excluding tert-OH is 2. The molecule has 10 nitrogen and oxygen atoms in total. The molecule has 1 amide bonds. The van der Waals surface area contributed by atoms with Gasteiger partial charge >= 0.3 is 0 Å². The van der Waals surface area contributed by atoms with Crippen molar-refractivity contribution < 1.29 is 29.7 Å². The molecule has 0 aromatic carbocycles. The fraction of sp³-hybridized carbons (Fsp3) is 0.368. The van der Waals surface area contributed by atoms with Crippen LogP contribution in [0.1, 0.15) is 28.0 Å². The van der Waals surface area contributed by atoms with Crippen LogP contribution < -0.4 is 17.0 Å². The van der Waals surface area contributed by atoms with Gasteiger partial charge in [-0.3, -0.25) is 19.2 Å². The molecule has 1 heterocycles. The molecule has 0 aliphatic heterocycles. The molecule has 0 saturated carbocycles. The van der Waals surface area contributed by atoms with E-state index >= 15 is 0 Å². The van der Waals surface area contributed by atoms with Crippen molar-refractivity contribution >= 4 is 17.5 Å². The number of hydrogen-bond donors (Lipinski definition) is 6. The van der Waals surface area contributed by atoms with E-state index in [0.29, 0.717) is 11.3 Å². The smallest absolute Gasteiger partial charge is 0.259 e. The fourth-order valence-corrected chi connectivity index (χ4v) is 4.80. The van der Waals surface area contributed by atoms with Crippen LogP contribution in [0.2, 0.25) is 0 Å². The molecule has 152 valence electrons. The molecule has 3 aliphatic rings. The van der Waals surface area contributed by atoms with Crippen molar-refractivity contribution in [2.24, 2.45) is 23.3 Å². The third-order valence-electron chi connectivity index (χ3n) is 6.11. The third kappa shape index (κ3) is 2.29. The minimum Gasteiger partial charge on any atom is -0.510 e. The summed E-state index contributed by atoms with van der Waals surface area (Å²) in [6.45, 7) is 1.67. The molecule has 0 fully saturated rings. The van der Waals surface area contributed by atoms with Crippen molar-refractivity contribution in [2.45, 2.75) is 31.4 Å². The van der Waals surface area contributed by atoms with Crippen molar-refractivity contribution in [3.05, 3.63) is 55.9 Å². The van der Waals surface area contributed by atoms with Crippen LogP contribution in [0.4, 0.5) is 0 Å². The molecule has 0 unspecified atom stereocenters. The van der Waals surface area contributed by atoms with Crippen molar-refractivity contribution in [3.8, 4) is 0 Å². The Labute approximate surface area is 163 Å². The normalized spacial score (nSPS) is 31.3. The van der Waals surface area contributed by atoms with Gasteiger partial charge in [0.1, 0.15) is 17.1 Å². The number of aromatic amines is 1. The summed E-state index contributed by atoms with van der Waals surface area (Å²) < 4.78 is 0. The van der Waals surface area contributed by atoms with Gasteiger partial charge in [-0.25, -0.2) is 0 Å². The average molecular weight is 401 g/mol. The summed E-state index contributed by atoms with van der Waals surface area (Å²) in [6.07, 6.45) is 0.168. The van der Waals surface area contributed by atoms with Crippen molar-refractivity contribution in [3.63, 3.8) is 0 Å². The lowest BCUT2D eigenvalue weighted by Crippen LogP contribution is -2.63. The van der Waals surface area contributed by atoms with Crippen LogP contribution in [0.15, 0.2) is 33.5 Å². The molecule has 8 N–H and O–H groups in total. The number of amides is 1. The number of allylic oxidation sites excluding steroid dienone is 1. The van der Waals surface area contributed by atoms with Crippen LogP contribution in [0, 0.1) is 18.8 Å². The molecule has 1 aromatic rings. The van der Waals surface area contributed by atoms with Crippen LogP contribution >= 0.6 is 0 Å². The van der Waals surface area contributed by atoms with Gasteiger partial charge in [0.2, 0.25) is 5.78 Å². The lowest BCUT2D eigenvalue weighted by molar-refractivity contribution is -0.145. The zero-order valence-electron chi connectivity index (χ0n) is 15.4. The van der Waals surface area contributed by atoms with E-state index in [2.05, 4.69) is 4.98 Å². The van der Waals surface area contributed by atoms with Crippen molar-refractivity contribution in [2.75, 3.05) is 0 Å². The Morgan fingerprint density at radius 1 is 1.28 bits per heavy atom. The zero-order valence-corrected chi connectivity index (χ0v) is 15.4.